The molecule has 0 saturated carbocycles. The summed E-state index contributed by atoms with van der Waals surface area (Å²) >= 11 is 0. The van der Waals surface area contributed by atoms with E-state index in [2.05, 4.69) is 19.5 Å². The fourth-order valence-electron chi connectivity index (χ4n) is 2.16. The maximum Gasteiger partial charge on any atom is 0.145 e. The first-order valence-corrected chi connectivity index (χ1v) is 5.82. The predicted molar refractivity (Wildman–Crippen MR) is 64.1 cm³/mol. The Morgan fingerprint density at radius 3 is 3.00 bits per heavy atom. The number of anilines is 1. The Hall–Kier alpha value is -1.82. The van der Waals surface area contributed by atoms with Gasteiger partial charge in [0.15, 0.2) is 0 Å². The van der Waals surface area contributed by atoms with Crippen LogP contribution in [0.2, 0.25) is 0 Å². The molecule has 0 saturated heterocycles. The van der Waals surface area contributed by atoms with Gasteiger partial charge >= 0.3 is 0 Å². The van der Waals surface area contributed by atoms with Crippen molar-refractivity contribution in [1.29, 1.82) is 0 Å². The standard InChI is InChI=1S/C11H16N6/c12-10-1-3-17(14-10)8-6-15-5-7-16-4-2-13-11(16)9-15/h1-4H,5-9H2,(H2,12,14). The fraction of sp³-hybridized carbons (Fsp3) is 0.455. The number of rotatable bonds is 3. The van der Waals surface area contributed by atoms with Crippen LogP contribution < -0.4 is 5.73 Å². The summed E-state index contributed by atoms with van der Waals surface area (Å²) in [5, 5.41) is 4.18. The van der Waals surface area contributed by atoms with E-state index < -0.39 is 0 Å². The first-order chi connectivity index (χ1) is 8.31. The van der Waals surface area contributed by atoms with E-state index in [0.717, 1.165) is 38.5 Å². The molecule has 0 bridgehead atoms. The van der Waals surface area contributed by atoms with E-state index in [0.29, 0.717) is 5.82 Å². The third-order valence-electron chi connectivity index (χ3n) is 3.13. The lowest BCUT2D eigenvalue weighted by Crippen LogP contribution is -2.35. The highest BCUT2D eigenvalue weighted by Crippen LogP contribution is 2.09. The molecule has 1 aliphatic heterocycles. The maximum atomic E-state index is 5.58. The molecular formula is C11H16N6. The fourth-order valence-corrected chi connectivity index (χ4v) is 2.16. The Labute approximate surface area is 99.7 Å². The molecule has 0 spiro atoms. The van der Waals surface area contributed by atoms with Crippen LogP contribution >= 0.6 is 0 Å². The van der Waals surface area contributed by atoms with Crippen LogP contribution in [0.1, 0.15) is 5.82 Å². The zero-order valence-corrected chi connectivity index (χ0v) is 9.66. The van der Waals surface area contributed by atoms with Crippen molar-refractivity contribution in [1.82, 2.24) is 24.2 Å². The second-order valence-electron chi connectivity index (χ2n) is 4.32. The molecule has 2 N–H and O–H groups in total. The van der Waals surface area contributed by atoms with Crippen LogP contribution in [0.3, 0.4) is 0 Å². The topological polar surface area (TPSA) is 64.9 Å². The van der Waals surface area contributed by atoms with Crippen LogP contribution in [0.4, 0.5) is 5.82 Å². The van der Waals surface area contributed by atoms with Crippen molar-refractivity contribution in [2.75, 3.05) is 18.8 Å². The van der Waals surface area contributed by atoms with Gasteiger partial charge < -0.3 is 10.3 Å². The maximum absolute atomic E-state index is 5.58. The van der Waals surface area contributed by atoms with Crippen molar-refractivity contribution in [3.63, 3.8) is 0 Å². The molecule has 0 radical (unpaired) electrons. The highest BCUT2D eigenvalue weighted by molar-refractivity contribution is 5.23. The molecule has 0 aliphatic carbocycles. The second kappa shape index (κ2) is 4.21. The van der Waals surface area contributed by atoms with E-state index in [9.17, 15) is 0 Å². The molecule has 0 aromatic carbocycles. The number of nitrogens with two attached hydrogens (primary N) is 1. The quantitative estimate of drug-likeness (QED) is 0.819. The van der Waals surface area contributed by atoms with Gasteiger partial charge in [-0.05, 0) is 6.07 Å². The van der Waals surface area contributed by atoms with Crippen molar-refractivity contribution in [2.24, 2.45) is 0 Å². The summed E-state index contributed by atoms with van der Waals surface area (Å²) in [5.74, 6) is 1.73. The Morgan fingerprint density at radius 1 is 1.24 bits per heavy atom. The van der Waals surface area contributed by atoms with Crippen LogP contribution in [0.15, 0.2) is 24.7 Å². The van der Waals surface area contributed by atoms with E-state index in [-0.39, 0.29) is 0 Å². The molecule has 0 unspecified atom stereocenters. The van der Waals surface area contributed by atoms with Gasteiger partial charge in [0.05, 0.1) is 13.1 Å². The molecule has 2 aromatic heterocycles. The number of imidazole rings is 1. The largest absolute Gasteiger partial charge is 0.382 e. The van der Waals surface area contributed by atoms with Crippen molar-refractivity contribution < 1.29 is 0 Å². The van der Waals surface area contributed by atoms with Gasteiger partial charge in [-0.15, -0.1) is 0 Å². The van der Waals surface area contributed by atoms with Crippen molar-refractivity contribution in [2.45, 2.75) is 19.6 Å². The van der Waals surface area contributed by atoms with Gasteiger partial charge in [-0.3, -0.25) is 9.58 Å². The summed E-state index contributed by atoms with van der Waals surface area (Å²) in [6.07, 6.45) is 5.83. The van der Waals surface area contributed by atoms with Gasteiger partial charge in [-0.1, -0.05) is 0 Å². The van der Waals surface area contributed by atoms with Gasteiger partial charge in [0.1, 0.15) is 11.6 Å². The summed E-state index contributed by atoms with van der Waals surface area (Å²) in [4.78, 5) is 6.73. The minimum Gasteiger partial charge on any atom is -0.382 e. The lowest BCUT2D eigenvalue weighted by molar-refractivity contribution is 0.206. The van der Waals surface area contributed by atoms with E-state index in [4.69, 9.17) is 5.73 Å². The van der Waals surface area contributed by atoms with Gasteiger partial charge in [-0.25, -0.2) is 4.98 Å². The molecule has 0 amide bonds. The summed E-state index contributed by atoms with van der Waals surface area (Å²) in [5.41, 5.74) is 5.58. The Morgan fingerprint density at radius 2 is 2.18 bits per heavy atom. The van der Waals surface area contributed by atoms with Gasteiger partial charge in [-0.2, -0.15) is 5.10 Å². The summed E-state index contributed by atoms with van der Waals surface area (Å²) in [6, 6.07) is 1.82. The predicted octanol–water partition coefficient (Wildman–Crippen LogP) is 0.178. The molecule has 90 valence electrons. The molecule has 0 fully saturated rings. The molecular weight excluding hydrogens is 216 g/mol. The van der Waals surface area contributed by atoms with Crippen LogP contribution in [0.5, 0.6) is 0 Å². The second-order valence-corrected chi connectivity index (χ2v) is 4.32. The Balaban J connectivity index is 1.57. The number of fused-ring (bicyclic) bond motifs is 1. The number of nitrogen functional groups attached to an aromatic ring is 1. The summed E-state index contributed by atoms with van der Waals surface area (Å²) in [6.45, 7) is 4.87. The zero-order valence-electron chi connectivity index (χ0n) is 9.66. The van der Waals surface area contributed by atoms with Gasteiger partial charge in [0.2, 0.25) is 0 Å². The third kappa shape index (κ3) is 2.16. The first kappa shape index (κ1) is 10.3. The van der Waals surface area contributed by atoms with Crippen LogP contribution in [0, 0.1) is 0 Å². The number of nitrogens with zero attached hydrogens (tertiary/aromatic N) is 5. The highest BCUT2D eigenvalue weighted by Gasteiger charge is 2.15. The normalized spacial score (nSPS) is 16.0. The van der Waals surface area contributed by atoms with E-state index in [1.54, 1.807) is 0 Å². The zero-order chi connectivity index (χ0) is 11.7. The van der Waals surface area contributed by atoms with E-state index in [1.807, 2.05) is 29.3 Å². The van der Waals surface area contributed by atoms with Gasteiger partial charge in [0.25, 0.3) is 0 Å². The third-order valence-corrected chi connectivity index (χ3v) is 3.13. The molecule has 17 heavy (non-hydrogen) atoms. The first-order valence-electron chi connectivity index (χ1n) is 5.82. The summed E-state index contributed by atoms with van der Waals surface area (Å²) < 4.78 is 4.10. The minimum absolute atomic E-state index is 0.583. The lowest BCUT2D eigenvalue weighted by atomic mass is 10.3. The Bertz CT molecular complexity index is 500. The van der Waals surface area contributed by atoms with Crippen molar-refractivity contribution in [3.05, 3.63) is 30.5 Å². The average molecular weight is 232 g/mol. The van der Waals surface area contributed by atoms with Crippen molar-refractivity contribution >= 4 is 5.82 Å². The highest BCUT2D eigenvalue weighted by atomic mass is 15.3. The molecule has 3 rings (SSSR count). The molecule has 3 heterocycles. The van der Waals surface area contributed by atoms with Crippen LogP contribution in [-0.2, 0) is 19.6 Å². The van der Waals surface area contributed by atoms with E-state index in [1.165, 1.54) is 0 Å². The lowest BCUT2D eigenvalue weighted by Gasteiger charge is -2.27. The van der Waals surface area contributed by atoms with Gasteiger partial charge in [0, 0.05) is 38.2 Å². The molecule has 6 heteroatoms. The number of hydrogen-bond acceptors (Lipinski definition) is 4. The van der Waals surface area contributed by atoms with Crippen molar-refractivity contribution in [3.8, 4) is 0 Å². The number of aromatic nitrogens is 4. The SMILES string of the molecule is Nc1ccn(CCN2CCn3ccnc3C2)n1. The van der Waals surface area contributed by atoms with Crippen LogP contribution in [-0.4, -0.2) is 37.3 Å². The monoisotopic (exact) mass is 232 g/mol. The average Bonchev–Trinajstić information content (AvgIpc) is 2.94. The van der Waals surface area contributed by atoms with E-state index >= 15 is 0 Å². The number of hydrogen-bond donors (Lipinski definition) is 1. The molecule has 0 atom stereocenters. The smallest absolute Gasteiger partial charge is 0.145 e. The minimum atomic E-state index is 0.583. The van der Waals surface area contributed by atoms with Crippen LogP contribution in [0.25, 0.3) is 0 Å². The molecule has 6 nitrogen and oxygen atoms in total. The Kier molecular flexibility index (Phi) is 2.56. The summed E-state index contributed by atoms with van der Waals surface area (Å²) in [7, 11) is 0. The molecule has 1 aliphatic rings. The molecule has 2 aromatic rings.